The van der Waals surface area contributed by atoms with Gasteiger partial charge in [0.2, 0.25) is 0 Å². The number of hydrogen-bond donors (Lipinski definition) is 3. The van der Waals surface area contributed by atoms with Crippen LogP contribution in [0.15, 0.2) is 66.9 Å². The third-order valence-electron chi connectivity index (χ3n) is 6.35. The van der Waals surface area contributed by atoms with Crippen molar-refractivity contribution in [1.29, 1.82) is 5.26 Å². The van der Waals surface area contributed by atoms with Crippen molar-refractivity contribution in [3.63, 3.8) is 0 Å². The highest BCUT2D eigenvalue weighted by Crippen LogP contribution is 2.38. The topological polar surface area (TPSA) is 118 Å². The Morgan fingerprint density at radius 2 is 1.74 bits per heavy atom. The number of nitrogens with zero attached hydrogens (tertiary/aromatic N) is 2. The molecule has 1 heterocycles. The van der Waals surface area contributed by atoms with E-state index in [-0.39, 0.29) is 6.61 Å². The van der Waals surface area contributed by atoms with E-state index in [1.165, 1.54) is 6.20 Å². The van der Waals surface area contributed by atoms with E-state index in [1.54, 1.807) is 26.4 Å². The van der Waals surface area contributed by atoms with Gasteiger partial charge in [0.15, 0.2) is 23.0 Å². The van der Waals surface area contributed by atoms with Crippen LogP contribution in [0.3, 0.4) is 0 Å². The SMILES string of the molecule is COc1cc2c(Nc3ccc(Oc4ccccc4OC)cc3)c(C#N)cnc2cc1OCC(O)CNC1CC1. The second-order valence-electron chi connectivity index (χ2n) is 9.23. The van der Waals surface area contributed by atoms with Crippen LogP contribution in [-0.2, 0) is 0 Å². The number of pyridine rings is 1. The van der Waals surface area contributed by atoms with E-state index in [9.17, 15) is 10.4 Å². The molecule has 200 valence electrons. The molecule has 39 heavy (non-hydrogen) atoms. The number of benzene rings is 3. The van der Waals surface area contributed by atoms with Crippen molar-refractivity contribution in [3.8, 4) is 34.8 Å². The first-order chi connectivity index (χ1) is 19.1. The molecule has 4 aromatic rings. The zero-order chi connectivity index (χ0) is 27.2. The second kappa shape index (κ2) is 11.9. The van der Waals surface area contributed by atoms with Crippen LogP contribution in [0.1, 0.15) is 18.4 Å². The number of methoxy groups -OCH3 is 2. The number of fused-ring (bicyclic) bond motifs is 1. The number of nitrogens with one attached hydrogen (secondary N) is 2. The van der Waals surface area contributed by atoms with Gasteiger partial charge in [0.1, 0.15) is 24.5 Å². The van der Waals surface area contributed by atoms with Crippen molar-refractivity contribution >= 4 is 22.3 Å². The van der Waals surface area contributed by atoms with Gasteiger partial charge in [0.05, 0.1) is 31.0 Å². The highest BCUT2D eigenvalue weighted by atomic mass is 16.5. The number of anilines is 2. The number of aliphatic hydroxyl groups excluding tert-OH is 1. The van der Waals surface area contributed by atoms with Crippen LogP contribution in [0.25, 0.3) is 10.9 Å². The molecule has 0 radical (unpaired) electrons. The summed E-state index contributed by atoms with van der Waals surface area (Å²) in [5.41, 5.74) is 2.36. The number of hydrogen-bond acceptors (Lipinski definition) is 9. The largest absolute Gasteiger partial charge is 0.493 e. The molecule has 1 saturated carbocycles. The van der Waals surface area contributed by atoms with Gasteiger partial charge in [-0.2, -0.15) is 5.26 Å². The molecule has 1 aliphatic rings. The minimum Gasteiger partial charge on any atom is -0.493 e. The van der Waals surface area contributed by atoms with Gasteiger partial charge in [-0.3, -0.25) is 4.98 Å². The molecule has 9 nitrogen and oxygen atoms in total. The molecule has 3 N–H and O–H groups in total. The van der Waals surface area contributed by atoms with E-state index >= 15 is 0 Å². The molecule has 1 aliphatic carbocycles. The predicted molar refractivity (Wildman–Crippen MR) is 148 cm³/mol. The Hall–Kier alpha value is -4.52. The fraction of sp³-hybridized carbons (Fsp3) is 0.267. The first kappa shape index (κ1) is 26.1. The summed E-state index contributed by atoms with van der Waals surface area (Å²) in [4.78, 5) is 4.46. The predicted octanol–water partition coefficient (Wildman–Crippen LogP) is 5.15. The van der Waals surface area contributed by atoms with Gasteiger partial charge in [-0.1, -0.05) is 12.1 Å². The van der Waals surface area contributed by atoms with E-state index in [4.69, 9.17) is 18.9 Å². The van der Waals surface area contributed by atoms with Crippen LogP contribution in [0.4, 0.5) is 11.4 Å². The van der Waals surface area contributed by atoms with Gasteiger partial charge in [-0.25, -0.2) is 0 Å². The van der Waals surface area contributed by atoms with Crippen molar-refractivity contribution in [2.24, 2.45) is 0 Å². The summed E-state index contributed by atoms with van der Waals surface area (Å²) in [5, 5.41) is 27.4. The Labute approximate surface area is 226 Å². The Bertz CT molecular complexity index is 1480. The highest BCUT2D eigenvalue weighted by Gasteiger charge is 2.22. The van der Waals surface area contributed by atoms with E-state index in [1.807, 2.05) is 48.5 Å². The van der Waals surface area contributed by atoms with Gasteiger partial charge in [0.25, 0.3) is 0 Å². The third-order valence-corrected chi connectivity index (χ3v) is 6.35. The summed E-state index contributed by atoms with van der Waals surface area (Å²) in [6, 6.07) is 21.1. The second-order valence-corrected chi connectivity index (χ2v) is 9.23. The lowest BCUT2D eigenvalue weighted by Gasteiger charge is -2.17. The van der Waals surface area contributed by atoms with Crippen molar-refractivity contribution in [1.82, 2.24) is 10.3 Å². The molecular weight excluding hydrogens is 496 g/mol. The van der Waals surface area contributed by atoms with Crippen LogP contribution in [-0.4, -0.2) is 49.6 Å². The minimum absolute atomic E-state index is 0.117. The normalized spacial score (nSPS) is 13.4. The fourth-order valence-corrected chi connectivity index (χ4v) is 4.11. The van der Waals surface area contributed by atoms with Gasteiger partial charge >= 0.3 is 0 Å². The van der Waals surface area contributed by atoms with Crippen LogP contribution in [0, 0.1) is 11.3 Å². The van der Waals surface area contributed by atoms with Gasteiger partial charge in [-0.05, 0) is 55.3 Å². The molecule has 0 amide bonds. The standard InChI is InChI=1S/C30H30N4O5/c1-36-26-5-3-4-6-27(26)39-23-11-9-21(10-12-23)34-30-19(15-31)16-33-25-14-29(28(37-2)13-24(25)30)38-18-22(35)17-32-20-7-8-20/h3-6,9-14,16,20,22,32,35H,7-8,17-18H2,1-2H3,(H,33,34). The average Bonchev–Trinajstić information content (AvgIpc) is 3.80. The van der Waals surface area contributed by atoms with Gasteiger partial charge in [-0.15, -0.1) is 0 Å². The maximum Gasteiger partial charge on any atom is 0.169 e. The number of aromatic nitrogens is 1. The first-order valence-electron chi connectivity index (χ1n) is 12.7. The van der Waals surface area contributed by atoms with Crippen molar-refractivity contribution in [2.75, 3.05) is 32.7 Å². The number of rotatable bonds is 12. The summed E-state index contributed by atoms with van der Waals surface area (Å²) in [7, 11) is 3.15. The van der Waals surface area contributed by atoms with E-state index in [0.29, 0.717) is 63.5 Å². The molecule has 0 spiro atoms. The summed E-state index contributed by atoms with van der Waals surface area (Å²) in [6.07, 6.45) is 3.18. The van der Waals surface area contributed by atoms with Crippen LogP contribution in [0.2, 0.25) is 0 Å². The molecule has 3 aromatic carbocycles. The number of aliphatic hydroxyl groups is 1. The zero-order valence-corrected chi connectivity index (χ0v) is 21.8. The van der Waals surface area contributed by atoms with Crippen molar-refractivity contribution < 1.29 is 24.1 Å². The lowest BCUT2D eigenvalue weighted by molar-refractivity contribution is 0.104. The van der Waals surface area contributed by atoms with Gasteiger partial charge < -0.3 is 34.7 Å². The third kappa shape index (κ3) is 6.32. The molecular formula is C30H30N4O5. The molecule has 1 unspecified atom stereocenters. The van der Waals surface area contributed by atoms with Crippen LogP contribution >= 0.6 is 0 Å². The minimum atomic E-state index is -0.646. The first-order valence-corrected chi connectivity index (χ1v) is 12.7. The van der Waals surface area contributed by atoms with Gasteiger partial charge in [0, 0.05) is 35.9 Å². The summed E-state index contributed by atoms with van der Waals surface area (Å²) >= 11 is 0. The van der Waals surface area contributed by atoms with Crippen LogP contribution in [0.5, 0.6) is 28.7 Å². The zero-order valence-electron chi connectivity index (χ0n) is 21.8. The average molecular weight is 527 g/mol. The van der Waals surface area contributed by atoms with Crippen LogP contribution < -0.4 is 29.6 Å². The smallest absolute Gasteiger partial charge is 0.169 e. The van der Waals surface area contributed by atoms with E-state index in [0.717, 1.165) is 18.5 Å². The Morgan fingerprint density at radius 1 is 1.00 bits per heavy atom. The molecule has 1 atom stereocenters. The number of ether oxygens (including phenoxy) is 4. The lowest BCUT2D eigenvalue weighted by Crippen LogP contribution is -2.32. The monoisotopic (exact) mass is 526 g/mol. The molecule has 0 bridgehead atoms. The summed E-state index contributed by atoms with van der Waals surface area (Å²) in [6.45, 7) is 0.591. The maximum absolute atomic E-state index is 10.3. The Balaban J connectivity index is 1.36. The molecule has 0 aliphatic heterocycles. The maximum atomic E-state index is 10.3. The Morgan fingerprint density at radius 3 is 2.44 bits per heavy atom. The number of nitriles is 1. The van der Waals surface area contributed by atoms with Crippen molar-refractivity contribution in [3.05, 3.63) is 72.4 Å². The molecule has 0 saturated heterocycles. The quantitative estimate of drug-likeness (QED) is 0.230. The van der Waals surface area contributed by atoms with Crippen molar-refractivity contribution in [2.45, 2.75) is 25.0 Å². The molecule has 9 heteroatoms. The van der Waals surface area contributed by atoms with E-state index < -0.39 is 6.10 Å². The van der Waals surface area contributed by atoms with E-state index in [2.05, 4.69) is 21.7 Å². The molecule has 5 rings (SSSR count). The number of para-hydroxylation sites is 2. The molecule has 1 fully saturated rings. The fourth-order valence-electron chi connectivity index (χ4n) is 4.11. The summed E-state index contributed by atoms with van der Waals surface area (Å²) < 4.78 is 22.8. The summed E-state index contributed by atoms with van der Waals surface area (Å²) in [5.74, 6) is 2.85. The lowest BCUT2D eigenvalue weighted by atomic mass is 10.1. The molecule has 1 aromatic heterocycles. The highest BCUT2D eigenvalue weighted by molar-refractivity contribution is 5.97. The Kier molecular flexibility index (Phi) is 7.96.